The van der Waals surface area contributed by atoms with Gasteiger partial charge in [0.1, 0.15) is 17.2 Å². The average molecular weight is 318 g/mol. The molecule has 0 spiro atoms. The molecule has 0 fully saturated rings. The Morgan fingerprint density at radius 1 is 0.905 bits per heavy atom. The normalized spacial score (nSPS) is 11.3. The molecule has 2 rings (SSSR count). The molecule has 7 nitrogen and oxygen atoms in total. The molecule has 2 aromatic rings. The number of aromatic hydroxyl groups is 2. The standard InChI is InChI=1S/C12H10N2O5S.Na.H/c15-9-3-1-8(2-4-9)13-14-11-7-10(20(17,18)19)5-6-12(11)16;;/h1-7,15-16H,(H,17,18,19);;/b14-13+;;. The summed E-state index contributed by atoms with van der Waals surface area (Å²) in [7, 11) is -4.38. The van der Waals surface area contributed by atoms with Gasteiger partial charge in [0, 0.05) is 0 Å². The molecule has 0 aromatic heterocycles. The van der Waals surface area contributed by atoms with Gasteiger partial charge in [-0.15, -0.1) is 5.11 Å². The van der Waals surface area contributed by atoms with Crippen molar-refractivity contribution in [3.05, 3.63) is 42.5 Å². The van der Waals surface area contributed by atoms with Crippen molar-refractivity contribution < 1.29 is 23.2 Å². The van der Waals surface area contributed by atoms with Crippen LogP contribution in [0.15, 0.2) is 57.6 Å². The summed E-state index contributed by atoms with van der Waals surface area (Å²) in [6.07, 6.45) is 0. The molecule has 106 valence electrons. The van der Waals surface area contributed by atoms with Gasteiger partial charge in [0.2, 0.25) is 0 Å². The molecule has 0 aliphatic rings. The van der Waals surface area contributed by atoms with E-state index in [1.54, 1.807) is 0 Å². The van der Waals surface area contributed by atoms with Gasteiger partial charge in [-0.25, -0.2) is 0 Å². The van der Waals surface area contributed by atoms with E-state index >= 15 is 0 Å². The zero-order valence-corrected chi connectivity index (χ0v) is 10.8. The van der Waals surface area contributed by atoms with Crippen molar-refractivity contribution in [1.29, 1.82) is 0 Å². The molecule has 2 aromatic carbocycles. The van der Waals surface area contributed by atoms with E-state index in [2.05, 4.69) is 10.2 Å². The van der Waals surface area contributed by atoms with Crippen LogP contribution in [-0.2, 0) is 10.1 Å². The van der Waals surface area contributed by atoms with Crippen molar-refractivity contribution in [2.75, 3.05) is 0 Å². The summed E-state index contributed by atoms with van der Waals surface area (Å²) in [5.41, 5.74) is 0.299. The van der Waals surface area contributed by atoms with Crippen LogP contribution in [0.25, 0.3) is 0 Å². The van der Waals surface area contributed by atoms with Gasteiger partial charge >= 0.3 is 29.6 Å². The van der Waals surface area contributed by atoms with Gasteiger partial charge in [-0.3, -0.25) is 4.55 Å². The number of hydrogen-bond acceptors (Lipinski definition) is 6. The second kappa shape index (κ2) is 7.01. The maximum atomic E-state index is 11.0. The van der Waals surface area contributed by atoms with Gasteiger partial charge in [0.15, 0.2) is 0 Å². The number of phenols is 2. The van der Waals surface area contributed by atoms with Gasteiger partial charge in [0.05, 0.1) is 10.6 Å². The van der Waals surface area contributed by atoms with Crippen molar-refractivity contribution >= 4 is 51.1 Å². The van der Waals surface area contributed by atoms with Gasteiger partial charge in [-0.2, -0.15) is 13.5 Å². The molecule has 0 saturated carbocycles. The van der Waals surface area contributed by atoms with Crippen LogP contribution in [0, 0.1) is 0 Å². The van der Waals surface area contributed by atoms with Gasteiger partial charge in [0.25, 0.3) is 10.1 Å². The summed E-state index contributed by atoms with van der Waals surface area (Å²) in [6, 6.07) is 8.92. The molecular formula is C12H11N2NaO5S. The van der Waals surface area contributed by atoms with E-state index in [0.717, 1.165) is 18.2 Å². The number of rotatable bonds is 3. The summed E-state index contributed by atoms with van der Waals surface area (Å²) >= 11 is 0. The second-order valence-electron chi connectivity index (χ2n) is 3.84. The van der Waals surface area contributed by atoms with Crippen LogP contribution in [0.3, 0.4) is 0 Å². The summed E-state index contributed by atoms with van der Waals surface area (Å²) in [5.74, 6) is -0.208. The van der Waals surface area contributed by atoms with Crippen LogP contribution in [0.4, 0.5) is 11.4 Å². The van der Waals surface area contributed by atoms with Crippen molar-refractivity contribution in [2.24, 2.45) is 10.2 Å². The van der Waals surface area contributed by atoms with E-state index < -0.39 is 15.0 Å². The molecule has 3 N–H and O–H groups in total. The molecular weight excluding hydrogens is 307 g/mol. The Bertz CT molecular complexity index is 760. The monoisotopic (exact) mass is 318 g/mol. The predicted octanol–water partition coefficient (Wildman–Crippen LogP) is 2.11. The van der Waals surface area contributed by atoms with Crippen molar-refractivity contribution in [2.45, 2.75) is 4.90 Å². The first-order valence-electron chi connectivity index (χ1n) is 5.37. The molecule has 0 amide bonds. The number of phenolic OH excluding ortho intramolecular Hbond substituents is 2. The third-order valence-corrected chi connectivity index (χ3v) is 3.22. The molecule has 0 radical (unpaired) electrons. The van der Waals surface area contributed by atoms with E-state index in [1.165, 1.54) is 24.3 Å². The summed E-state index contributed by atoms with van der Waals surface area (Å²) < 4.78 is 30.9. The number of benzene rings is 2. The van der Waals surface area contributed by atoms with E-state index in [-0.39, 0.29) is 46.7 Å². The Kier molecular flexibility index (Phi) is 5.87. The Morgan fingerprint density at radius 2 is 1.52 bits per heavy atom. The van der Waals surface area contributed by atoms with Crippen molar-refractivity contribution in [3.63, 3.8) is 0 Å². The molecule has 9 heteroatoms. The summed E-state index contributed by atoms with van der Waals surface area (Å²) in [5, 5.41) is 26.1. The first kappa shape index (κ1) is 17.6. The van der Waals surface area contributed by atoms with E-state index in [0.29, 0.717) is 5.69 Å². The third kappa shape index (κ3) is 4.80. The fourth-order valence-corrected chi connectivity index (χ4v) is 1.88. The number of hydrogen-bond donors (Lipinski definition) is 3. The minimum absolute atomic E-state index is 0. The fraction of sp³-hybridized carbons (Fsp3) is 0. The summed E-state index contributed by atoms with van der Waals surface area (Å²) in [6.45, 7) is 0. The SMILES string of the molecule is O=S(=O)(O)c1ccc(O)c(/N=N/c2ccc(O)cc2)c1.[NaH]. The molecule has 0 unspecified atom stereocenters. The second-order valence-corrected chi connectivity index (χ2v) is 5.26. The average Bonchev–Trinajstić information content (AvgIpc) is 2.38. The first-order chi connectivity index (χ1) is 9.36. The summed E-state index contributed by atoms with van der Waals surface area (Å²) in [4.78, 5) is -0.394. The Balaban J connectivity index is 0.00000220. The van der Waals surface area contributed by atoms with E-state index in [9.17, 15) is 13.5 Å². The third-order valence-electron chi connectivity index (χ3n) is 2.37. The van der Waals surface area contributed by atoms with Gasteiger partial charge < -0.3 is 10.2 Å². The van der Waals surface area contributed by atoms with Crippen molar-refractivity contribution in [3.8, 4) is 11.5 Å². The van der Waals surface area contributed by atoms with Crippen LogP contribution >= 0.6 is 0 Å². The van der Waals surface area contributed by atoms with E-state index in [1.807, 2.05) is 0 Å². The molecule has 0 atom stereocenters. The van der Waals surface area contributed by atoms with Crippen LogP contribution in [0.2, 0.25) is 0 Å². The molecule has 0 aliphatic heterocycles. The van der Waals surface area contributed by atoms with Crippen LogP contribution in [-0.4, -0.2) is 52.7 Å². The Hall–Kier alpha value is -1.45. The zero-order chi connectivity index (χ0) is 14.8. The van der Waals surface area contributed by atoms with Crippen LogP contribution < -0.4 is 0 Å². The Labute approximate surface area is 143 Å². The number of azo groups is 1. The number of nitrogens with zero attached hydrogens (tertiary/aromatic N) is 2. The zero-order valence-electron chi connectivity index (χ0n) is 10.0. The molecule has 0 aliphatic carbocycles. The first-order valence-corrected chi connectivity index (χ1v) is 6.81. The quantitative estimate of drug-likeness (QED) is 0.455. The maximum absolute atomic E-state index is 11.0. The predicted molar refractivity (Wildman–Crippen MR) is 77.4 cm³/mol. The van der Waals surface area contributed by atoms with Gasteiger partial charge in [-0.1, -0.05) is 0 Å². The minimum atomic E-state index is -4.38. The van der Waals surface area contributed by atoms with Gasteiger partial charge in [-0.05, 0) is 42.5 Å². The Morgan fingerprint density at radius 3 is 2.10 bits per heavy atom. The van der Waals surface area contributed by atoms with Crippen LogP contribution in [0.5, 0.6) is 11.5 Å². The van der Waals surface area contributed by atoms with Crippen molar-refractivity contribution in [1.82, 2.24) is 0 Å². The molecule has 0 heterocycles. The topological polar surface area (TPSA) is 120 Å². The molecule has 0 saturated heterocycles. The molecule has 21 heavy (non-hydrogen) atoms. The van der Waals surface area contributed by atoms with Crippen LogP contribution in [0.1, 0.15) is 0 Å². The fourth-order valence-electron chi connectivity index (χ4n) is 1.37. The molecule has 0 bridgehead atoms. The van der Waals surface area contributed by atoms with E-state index in [4.69, 9.17) is 9.66 Å².